The van der Waals surface area contributed by atoms with Crippen LogP contribution in [0, 0.1) is 0 Å². The van der Waals surface area contributed by atoms with Gasteiger partial charge in [0.15, 0.2) is 5.65 Å². The summed E-state index contributed by atoms with van der Waals surface area (Å²) in [6.07, 6.45) is 5.41. The van der Waals surface area contributed by atoms with Crippen molar-refractivity contribution in [1.82, 2.24) is 30.0 Å². The number of nitrogens with one attached hydrogen (secondary N) is 2. The van der Waals surface area contributed by atoms with Gasteiger partial charge < -0.3 is 14.6 Å². The first-order valence-electron chi connectivity index (χ1n) is 11.4. The number of nitrogens with zero attached hydrogens (tertiary/aromatic N) is 4. The number of fused-ring (bicyclic) bond motifs is 2. The highest BCUT2D eigenvalue weighted by Gasteiger charge is 2.15. The number of aromatic amines is 2. The summed E-state index contributed by atoms with van der Waals surface area (Å²) in [6, 6.07) is 14.8. The highest BCUT2D eigenvalue weighted by atomic mass is 32.1. The average molecular weight is 481 g/mol. The van der Waals surface area contributed by atoms with Gasteiger partial charge in [0, 0.05) is 46.4 Å². The molecule has 0 aliphatic rings. The van der Waals surface area contributed by atoms with Gasteiger partial charge in [-0.1, -0.05) is 12.1 Å². The van der Waals surface area contributed by atoms with Crippen LogP contribution in [-0.2, 0) is 0 Å². The van der Waals surface area contributed by atoms with Gasteiger partial charge in [-0.2, -0.15) is 16.4 Å². The Morgan fingerprint density at radius 1 is 0.971 bits per heavy atom. The van der Waals surface area contributed by atoms with E-state index >= 15 is 0 Å². The lowest BCUT2D eigenvalue weighted by Crippen LogP contribution is -2.19. The molecule has 5 aromatic heterocycles. The van der Waals surface area contributed by atoms with Crippen LogP contribution in [0.2, 0.25) is 0 Å². The molecule has 0 aliphatic heterocycles. The number of hydrogen-bond donors (Lipinski definition) is 2. The molecule has 6 aromatic rings. The molecule has 0 unspecified atom stereocenters. The van der Waals surface area contributed by atoms with E-state index in [0.29, 0.717) is 6.61 Å². The zero-order valence-electron chi connectivity index (χ0n) is 19.4. The number of rotatable bonds is 7. The van der Waals surface area contributed by atoms with E-state index in [9.17, 15) is 0 Å². The molecule has 0 saturated heterocycles. The van der Waals surface area contributed by atoms with Gasteiger partial charge >= 0.3 is 0 Å². The molecule has 7 nitrogen and oxygen atoms in total. The molecule has 174 valence electrons. The highest BCUT2D eigenvalue weighted by molar-refractivity contribution is 7.08. The van der Waals surface area contributed by atoms with E-state index in [2.05, 4.69) is 77.2 Å². The van der Waals surface area contributed by atoms with Crippen LogP contribution in [0.15, 0.2) is 71.8 Å². The Morgan fingerprint density at radius 2 is 1.89 bits per heavy atom. The van der Waals surface area contributed by atoms with E-state index in [0.717, 1.165) is 51.4 Å². The standard InChI is InChI=1S/C27H24N6OS/c1-33(2)7-8-34-20-10-18(13-28-15-20)19-11-23-26(31-32-27(23)29-14-19)25-12-22-21(17-6-9-35-16-17)4-3-5-24(22)30-25/h3-6,9-16,30H,7-8H2,1-2H3,(H,29,31,32). The quantitative estimate of drug-likeness (QED) is 0.300. The second-order valence-corrected chi connectivity index (χ2v) is 9.50. The Morgan fingerprint density at radius 3 is 2.74 bits per heavy atom. The van der Waals surface area contributed by atoms with Crippen molar-refractivity contribution in [2.45, 2.75) is 0 Å². The minimum absolute atomic E-state index is 0.606. The van der Waals surface area contributed by atoms with Crippen molar-refractivity contribution in [2.24, 2.45) is 0 Å². The molecular formula is C27H24N6OS. The normalized spacial score (nSPS) is 11.6. The largest absolute Gasteiger partial charge is 0.491 e. The predicted octanol–water partition coefficient (Wildman–Crippen LogP) is 5.84. The predicted molar refractivity (Wildman–Crippen MR) is 142 cm³/mol. The summed E-state index contributed by atoms with van der Waals surface area (Å²) in [6.45, 7) is 1.45. The Hall–Kier alpha value is -4.01. The summed E-state index contributed by atoms with van der Waals surface area (Å²) >= 11 is 1.70. The maximum absolute atomic E-state index is 5.87. The molecular weight excluding hydrogens is 456 g/mol. The van der Waals surface area contributed by atoms with Crippen LogP contribution in [0.1, 0.15) is 0 Å². The van der Waals surface area contributed by atoms with Crippen molar-refractivity contribution in [1.29, 1.82) is 0 Å². The molecule has 6 rings (SSSR count). The minimum Gasteiger partial charge on any atom is -0.491 e. The Kier molecular flexibility index (Phi) is 5.52. The summed E-state index contributed by atoms with van der Waals surface area (Å²) in [4.78, 5) is 14.6. The van der Waals surface area contributed by atoms with Crippen LogP contribution in [-0.4, -0.2) is 57.3 Å². The van der Waals surface area contributed by atoms with E-state index in [-0.39, 0.29) is 0 Å². The number of thiophene rings is 1. The number of hydrogen-bond acceptors (Lipinski definition) is 6. The number of likely N-dealkylation sites (N-methyl/N-ethyl adjacent to an activating group) is 1. The van der Waals surface area contributed by atoms with Crippen LogP contribution in [0.5, 0.6) is 5.75 Å². The van der Waals surface area contributed by atoms with E-state index in [1.54, 1.807) is 17.5 Å². The third kappa shape index (κ3) is 4.18. The maximum atomic E-state index is 5.87. The summed E-state index contributed by atoms with van der Waals surface area (Å²) in [5.74, 6) is 0.744. The summed E-state index contributed by atoms with van der Waals surface area (Å²) in [5, 5.41) is 14.1. The number of aromatic nitrogens is 5. The maximum Gasteiger partial charge on any atom is 0.155 e. The van der Waals surface area contributed by atoms with Gasteiger partial charge in [-0.15, -0.1) is 0 Å². The van der Waals surface area contributed by atoms with Crippen LogP contribution >= 0.6 is 11.3 Å². The van der Waals surface area contributed by atoms with Gasteiger partial charge in [0.1, 0.15) is 18.1 Å². The van der Waals surface area contributed by atoms with Gasteiger partial charge in [-0.25, -0.2) is 4.98 Å². The second-order valence-electron chi connectivity index (χ2n) is 8.72. The first-order chi connectivity index (χ1) is 17.2. The number of benzene rings is 1. The zero-order chi connectivity index (χ0) is 23.8. The van der Waals surface area contributed by atoms with Gasteiger partial charge in [0.25, 0.3) is 0 Å². The summed E-state index contributed by atoms with van der Waals surface area (Å²) in [7, 11) is 4.05. The summed E-state index contributed by atoms with van der Waals surface area (Å²) < 4.78 is 5.87. The fraction of sp³-hybridized carbons (Fsp3) is 0.148. The van der Waals surface area contributed by atoms with E-state index in [1.165, 1.54) is 16.5 Å². The molecule has 8 heteroatoms. The van der Waals surface area contributed by atoms with E-state index < -0.39 is 0 Å². The number of H-pyrrole nitrogens is 2. The summed E-state index contributed by atoms with van der Waals surface area (Å²) in [5.41, 5.74) is 7.96. The molecule has 0 atom stereocenters. The van der Waals surface area contributed by atoms with Gasteiger partial charge in [0.05, 0.1) is 11.9 Å². The molecule has 35 heavy (non-hydrogen) atoms. The van der Waals surface area contributed by atoms with Crippen molar-refractivity contribution in [2.75, 3.05) is 27.2 Å². The molecule has 0 spiro atoms. The van der Waals surface area contributed by atoms with E-state index in [1.807, 2.05) is 32.6 Å². The number of pyridine rings is 2. The fourth-order valence-electron chi connectivity index (χ4n) is 4.22. The first-order valence-corrected chi connectivity index (χ1v) is 12.3. The van der Waals surface area contributed by atoms with Crippen LogP contribution in [0.3, 0.4) is 0 Å². The van der Waals surface area contributed by atoms with Crippen LogP contribution < -0.4 is 4.74 Å². The van der Waals surface area contributed by atoms with Gasteiger partial charge in [-0.3, -0.25) is 10.1 Å². The molecule has 1 aromatic carbocycles. The Bertz CT molecular complexity index is 1620. The molecule has 0 amide bonds. The third-order valence-corrected chi connectivity index (χ3v) is 6.70. The molecule has 0 bridgehead atoms. The van der Waals surface area contributed by atoms with Crippen LogP contribution in [0.25, 0.3) is 55.6 Å². The topological polar surface area (TPSA) is 82.7 Å². The third-order valence-electron chi connectivity index (χ3n) is 6.02. The SMILES string of the molecule is CN(C)CCOc1cncc(-c2cnc3[nH]nc(-c4cc5c(-c6ccsc6)cccc5[nH]4)c3c2)c1. The average Bonchev–Trinajstić information content (AvgIpc) is 3.62. The lowest BCUT2D eigenvalue weighted by Gasteiger charge is -2.11. The monoisotopic (exact) mass is 480 g/mol. The van der Waals surface area contributed by atoms with Gasteiger partial charge in [-0.05, 0) is 66.3 Å². The lowest BCUT2D eigenvalue weighted by atomic mass is 10.0. The smallest absolute Gasteiger partial charge is 0.155 e. The molecule has 0 saturated carbocycles. The Labute approximate surface area is 206 Å². The van der Waals surface area contributed by atoms with Crippen LogP contribution in [0.4, 0.5) is 0 Å². The van der Waals surface area contributed by atoms with Crippen molar-refractivity contribution in [3.05, 3.63) is 71.8 Å². The molecule has 0 aliphatic carbocycles. The zero-order valence-corrected chi connectivity index (χ0v) is 20.3. The highest BCUT2D eigenvalue weighted by Crippen LogP contribution is 2.35. The second kappa shape index (κ2) is 8.98. The van der Waals surface area contributed by atoms with E-state index in [4.69, 9.17) is 4.74 Å². The van der Waals surface area contributed by atoms with Crippen molar-refractivity contribution >= 4 is 33.3 Å². The minimum atomic E-state index is 0.606. The Balaban J connectivity index is 1.38. The molecule has 5 heterocycles. The van der Waals surface area contributed by atoms with Crippen molar-refractivity contribution < 1.29 is 4.74 Å². The first kappa shape index (κ1) is 21.5. The lowest BCUT2D eigenvalue weighted by molar-refractivity contribution is 0.261. The molecule has 2 N–H and O–H groups in total. The molecule has 0 fully saturated rings. The number of ether oxygens (including phenoxy) is 1. The van der Waals surface area contributed by atoms with Crippen molar-refractivity contribution in [3.63, 3.8) is 0 Å². The fourth-order valence-corrected chi connectivity index (χ4v) is 4.88. The van der Waals surface area contributed by atoms with Crippen molar-refractivity contribution in [3.8, 4) is 39.4 Å². The van der Waals surface area contributed by atoms with Gasteiger partial charge in [0.2, 0.25) is 0 Å². The molecule has 0 radical (unpaired) electrons.